The van der Waals surface area contributed by atoms with Crippen molar-refractivity contribution in [1.29, 1.82) is 0 Å². The molecule has 1 aromatic carbocycles. The van der Waals surface area contributed by atoms with E-state index in [4.69, 9.17) is 0 Å². The highest BCUT2D eigenvalue weighted by atomic mass is 19.4. The van der Waals surface area contributed by atoms with Gasteiger partial charge in [0.05, 0.1) is 11.7 Å². The first kappa shape index (κ1) is 13.4. The lowest BCUT2D eigenvalue weighted by Gasteiger charge is -2.10. The normalized spacial score (nSPS) is 17.8. The highest BCUT2D eigenvalue weighted by Gasteiger charge is 2.30. The Balaban J connectivity index is 1.85. The standard InChI is InChI=1S/C14H17F3O/c15-14(16,17)12-5-1-3-10(9-12)4-2-6-13(18)11-7-8-11/h1,3,5,9,11,13,18H,2,4,6-8H2. The maximum atomic E-state index is 12.5. The summed E-state index contributed by atoms with van der Waals surface area (Å²) in [4.78, 5) is 0. The lowest BCUT2D eigenvalue weighted by Crippen LogP contribution is -2.09. The van der Waals surface area contributed by atoms with Gasteiger partial charge in [-0.1, -0.05) is 18.2 Å². The first-order chi connectivity index (χ1) is 8.47. The van der Waals surface area contributed by atoms with Gasteiger partial charge in [-0.25, -0.2) is 0 Å². The second kappa shape index (κ2) is 5.31. The van der Waals surface area contributed by atoms with Crippen LogP contribution in [0.1, 0.15) is 36.8 Å². The number of hydrogen-bond acceptors (Lipinski definition) is 1. The zero-order chi connectivity index (χ0) is 13.2. The van der Waals surface area contributed by atoms with Gasteiger partial charge in [-0.15, -0.1) is 0 Å². The Morgan fingerprint density at radius 3 is 2.61 bits per heavy atom. The van der Waals surface area contributed by atoms with Crippen molar-refractivity contribution in [2.75, 3.05) is 0 Å². The minimum Gasteiger partial charge on any atom is -0.393 e. The minimum absolute atomic E-state index is 0.268. The summed E-state index contributed by atoms with van der Waals surface area (Å²) in [7, 11) is 0. The van der Waals surface area contributed by atoms with Crippen molar-refractivity contribution in [1.82, 2.24) is 0 Å². The van der Waals surface area contributed by atoms with Gasteiger partial charge in [0.2, 0.25) is 0 Å². The van der Waals surface area contributed by atoms with E-state index in [-0.39, 0.29) is 6.10 Å². The van der Waals surface area contributed by atoms with E-state index < -0.39 is 11.7 Å². The molecule has 0 heterocycles. The molecule has 0 radical (unpaired) electrons. The van der Waals surface area contributed by atoms with Crippen LogP contribution in [-0.4, -0.2) is 11.2 Å². The molecule has 0 bridgehead atoms. The summed E-state index contributed by atoms with van der Waals surface area (Å²) >= 11 is 0. The number of aryl methyl sites for hydroxylation is 1. The molecule has 2 rings (SSSR count). The molecule has 1 aliphatic carbocycles. The molecule has 1 fully saturated rings. The molecule has 1 aliphatic rings. The summed E-state index contributed by atoms with van der Waals surface area (Å²) in [5.41, 5.74) is 0.0931. The van der Waals surface area contributed by atoms with Crippen molar-refractivity contribution in [2.24, 2.45) is 5.92 Å². The maximum Gasteiger partial charge on any atom is 0.416 e. The monoisotopic (exact) mass is 258 g/mol. The first-order valence-electron chi connectivity index (χ1n) is 6.31. The fourth-order valence-corrected chi connectivity index (χ4v) is 2.14. The van der Waals surface area contributed by atoms with Crippen LogP contribution < -0.4 is 0 Å². The number of rotatable bonds is 5. The third kappa shape index (κ3) is 3.73. The Kier molecular flexibility index (Phi) is 3.95. The summed E-state index contributed by atoms with van der Waals surface area (Å²) in [6.45, 7) is 0. The fourth-order valence-electron chi connectivity index (χ4n) is 2.14. The molecule has 1 nitrogen and oxygen atoms in total. The lowest BCUT2D eigenvalue weighted by molar-refractivity contribution is -0.137. The molecule has 100 valence electrons. The minimum atomic E-state index is -4.27. The van der Waals surface area contributed by atoms with Gasteiger partial charge < -0.3 is 5.11 Å². The van der Waals surface area contributed by atoms with Crippen LogP contribution in [0.3, 0.4) is 0 Å². The molecule has 0 saturated heterocycles. The van der Waals surface area contributed by atoms with E-state index in [9.17, 15) is 18.3 Å². The van der Waals surface area contributed by atoms with Gasteiger partial charge in [0, 0.05) is 0 Å². The molecule has 0 amide bonds. The van der Waals surface area contributed by atoms with E-state index >= 15 is 0 Å². The predicted octanol–water partition coefficient (Wildman–Crippen LogP) is 3.80. The molecule has 0 aliphatic heterocycles. The van der Waals surface area contributed by atoms with Gasteiger partial charge >= 0.3 is 6.18 Å². The average Bonchev–Trinajstić information content (AvgIpc) is 3.12. The number of aliphatic hydroxyl groups is 1. The fraction of sp³-hybridized carbons (Fsp3) is 0.571. The van der Waals surface area contributed by atoms with Crippen molar-refractivity contribution >= 4 is 0 Å². The molecule has 0 aromatic heterocycles. The number of aliphatic hydroxyl groups excluding tert-OH is 1. The molecular formula is C14H17F3O. The third-order valence-electron chi connectivity index (χ3n) is 3.39. The Hall–Kier alpha value is -1.03. The van der Waals surface area contributed by atoms with Crippen LogP contribution in [-0.2, 0) is 12.6 Å². The van der Waals surface area contributed by atoms with Gasteiger partial charge in [0.15, 0.2) is 0 Å². The van der Waals surface area contributed by atoms with Gasteiger partial charge in [0.1, 0.15) is 0 Å². The van der Waals surface area contributed by atoms with Crippen molar-refractivity contribution in [3.63, 3.8) is 0 Å². The summed E-state index contributed by atoms with van der Waals surface area (Å²) in [6, 6.07) is 5.43. The largest absolute Gasteiger partial charge is 0.416 e. The first-order valence-corrected chi connectivity index (χ1v) is 6.31. The summed E-state index contributed by atoms with van der Waals surface area (Å²) < 4.78 is 37.5. The van der Waals surface area contributed by atoms with Crippen LogP contribution in [0.5, 0.6) is 0 Å². The maximum absolute atomic E-state index is 12.5. The SMILES string of the molecule is OC(CCCc1cccc(C(F)(F)F)c1)C1CC1. The van der Waals surface area contributed by atoms with E-state index in [2.05, 4.69) is 0 Å². The van der Waals surface area contributed by atoms with Crippen molar-refractivity contribution in [3.8, 4) is 0 Å². The molecule has 1 N–H and O–H groups in total. The van der Waals surface area contributed by atoms with E-state index in [1.165, 1.54) is 12.1 Å². The topological polar surface area (TPSA) is 20.2 Å². The summed E-state index contributed by atoms with van der Waals surface area (Å²) in [6.07, 6.45) is -0.358. The Morgan fingerprint density at radius 2 is 2.00 bits per heavy atom. The van der Waals surface area contributed by atoms with Crippen LogP contribution in [0.4, 0.5) is 13.2 Å². The van der Waals surface area contributed by atoms with E-state index in [0.29, 0.717) is 24.3 Å². The number of benzene rings is 1. The van der Waals surface area contributed by atoms with Crippen molar-refractivity contribution in [3.05, 3.63) is 35.4 Å². The molecule has 1 unspecified atom stereocenters. The zero-order valence-corrected chi connectivity index (χ0v) is 10.1. The Bertz CT molecular complexity index is 396. The lowest BCUT2D eigenvalue weighted by atomic mass is 10.0. The van der Waals surface area contributed by atoms with Crippen LogP contribution in [0.25, 0.3) is 0 Å². The quantitative estimate of drug-likeness (QED) is 0.851. The number of halogens is 3. The molecule has 1 saturated carbocycles. The van der Waals surface area contributed by atoms with Gasteiger partial charge in [0.25, 0.3) is 0 Å². The predicted molar refractivity (Wildman–Crippen MR) is 63.1 cm³/mol. The van der Waals surface area contributed by atoms with E-state index in [0.717, 1.165) is 25.3 Å². The Labute approximate surface area is 105 Å². The molecule has 18 heavy (non-hydrogen) atoms. The van der Waals surface area contributed by atoms with Crippen LogP contribution in [0.15, 0.2) is 24.3 Å². The van der Waals surface area contributed by atoms with E-state index in [1.807, 2.05) is 0 Å². The Morgan fingerprint density at radius 1 is 1.28 bits per heavy atom. The van der Waals surface area contributed by atoms with Gasteiger partial charge in [-0.05, 0) is 49.7 Å². The highest BCUT2D eigenvalue weighted by molar-refractivity contribution is 5.25. The van der Waals surface area contributed by atoms with Crippen LogP contribution >= 0.6 is 0 Å². The summed E-state index contributed by atoms with van der Waals surface area (Å²) in [5.74, 6) is 0.437. The number of hydrogen-bond donors (Lipinski definition) is 1. The zero-order valence-electron chi connectivity index (χ0n) is 10.1. The van der Waals surface area contributed by atoms with Crippen molar-refractivity contribution in [2.45, 2.75) is 44.4 Å². The highest BCUT2D eigenvalue weighted by Crippen LogP contribution is 2.34. The molecule has 4 heteroatoms. The second-order valence-electron chi connectivity index (χ2n) is 5.00. The van der Waals surface area contributed by atoms with E-state index in [1.54, 1.807) is 6.07 Å². The average molecular weight is 258 g/mol. The number of alkyl halides is 3. The molecule has 1 atom stereocenters. The third-order valence-corrected chi connectivity index (χ3v) is 3.39. The molecular weight excluding hydrogens is 241 g/mol. The second-order valence-corrected chi connectivity index (χ2v) is 5.00. The van der Waals surface area contributed by atoms with Crippen LogP contribution in [0, 0.1) is 5.92 Å². The van der Waals surface area contributed by atoms with Gasteiger partial charge in [-0.3, -0.25) is 0 Å². The van der Waals surface area contributed by atoms with Crippen molar-refractivity contribution < 1.29 is 18.3 Å². The summed E-state index contributed by atoms with van der Waals surface area (Å²) in [5, 5.41) is 9.67. The molecule has 1 aromatic rings. The van der Waals surface area contributed by atoms with Crippen LogP contribution in [0.2, 0.25) is 0 Å². The van der Waals surface area contributed by atoms with Gasteiger partial charge in [-0.2, -0.15) is 13.2 Å². The smallest absolute Gasteiger partial charge is 0.393 e. The molecule has 0 spiro atoms.